The normalized spacial score (nSPS) is 10.8. The minimum Gasteiger partial charge on any atom is -1.00 e. The average molecular weight is 361 g/mol. The van der Waals surface area contributed by atoms with E-state index in [-0.39, 0.29) is 58.2 Å². The van der Waals surface area contributed by atoms with Gasteiger partial charge in [-0.2, -0.15) is 0 Å². The fourth-order valence-corrected chi connectivity index (χ4v) is 1.86. The molecule has 0 aliphatic heterocycles. The first-order chi connectivity index (χ1) is 10.1. The third kappa shape index (κ3) is 20.8. The van der Waals surface area contributed by atoms with Crippen LogP contribution in [0.2, 0.25) is 0 Å². The molecule has 0 aliphatic carbocycles. The molecule has 0 fully saturated rings. The Labute approximate surface area is 172 Å². The van der Waals surface area contributed by atoms with Gasteiger partial charge >= 0.3 is 37.7 Å². The van der Waals surface area contributed by atoms with Crippen molar-refractivity contribution in [1.29, 1.82) is 0 Å². The SMILES string of the molecule is CNCCCCCC(=O)NCCCCC(C)C(C)=O.CP.[Ca+2].[H-].[H-]. The number of Topliss-reactive ketones (excluding diaryl/α,β-unsaturated/α-hetero) is 1. The van der Waals surface area contributed by atoms with E-state index < -0.39 is 0 Å². The van der Waals surface area contributed by atoms with Gasteiger partial charge in [-0.1, -0.05) is 26.4 Å². The van der Waals surface area contributed by atoms with Gasteiger partial charge in [-0.15, -0.1) is 9.24 Å². The summed E-state index contributed by atoms with van der Waals surface area (Å²) < 4.78 is 0. The molecule has 4 nitrogen and oxygen atoms in total. The Morgan fingerprint density at radius 2 is 1.64 bits per heavy atom. The van der Waals surface area contributed by atoms with Crippen molar-refractivity contribution < 1.29 is 12.4 Å². The number of hydrogen-bond donors (Lipinski definition) is 2. The van der Waals surface area contributed by atoms with E-state index in [0.717, 1.165) is 51.6 Å². The van der Waals surface area contributed by atoms with Crippen LogP contribution < -0.4 is 10.6 Å². The number of carbonyl (C=O) groups excluding carboxylic acids is 2. The number of ketones is 1. The molecular formula is C16H37CaN2O2P. The van der Waals surface area contributed by atoms with Crippen LogP contribution in [-0.2, 0) is 9.59 Å². The van der Waals surface area contributed by atoms with Gasteiger partial charge in [0.1, 0.15) is 5.78 Å². The van der Waals surface area contributed by atoms with Crippen LogP contribution in [0.1, 0.15) is 61.6 Å². The third-order valence-corrected chi connectivity index (χ3v) is 3.41. The summed E-state index contributed by atoms with van der Waals surface area (Å²) in [5.41, 5.74) is 0. The summed E-state index contributed by atoms with van der Waals surface area (Å²) in [6.07, 6.45) is 6.72. The Balaban J connectivity index is -0.000000231. The molecule has 0 aromatic rings. The van der Waals surface area contributed by atoms with Crippen molar-refractivity contribution >= 4 is 58.7 Å². The van der Waals surface area contributed by atoms with Crippen LogP contribution >= 0.6 is 9.24 Å². The standard InChI is InChI=1S/C15H30N2O2.CH5P.Ca.2H/c1-13(14(2)18)9-6-8-12-17-15(19)10-5-4-7-11-16-3;1-2;;;/h13,16H,4-12H2,1-3H3,(H,17,19);2H2,1H3;;;/q;;+2;2*-1. The molecule has 22 heavy (non-hydrogen) atoms. The first-order valence-corrected chi connectivity index (χ1v) is 9.23. The molecule has 0 radical (unpaired) electrons. The number of nitrogens with one attached hydrogen (secondary N) is 2. The zero-order chi connectivity index (χ0) is 16.5. The fourth-order valence-electron chi connectivity index (χ4n) is 1.86. The van der Waals surface area contributed by atoms with Gasteiger partial charge in [0.2, 0.25) is 5.91 Å². The zero-order valence-corrected chi connectivity index (χ0v) is 18.4. The van der Waals surface area contributed by atoms with Crippen molar-refractivity contribution in [2.24, 2.45) is 5.92 Å². The minimum atomic E-state index is 0. The van der Waals surface area contributed by atoms with Crippen LogP contribution in [0.4, 0.5) is 0 Å². The maximum absolute atomic E-state index is 11.5. The molecule has 0 spiro atoms. The smallest absolute Gasteiger partial charge is 1.00 e. The summed E-state index contributed by atoms with van der Waals surface area (Å²) in [6.45, 7) is 7.28. The van der Waals surface area contributed by atoms with Crippen molar-refractivity contribution in [1.82, 2.24) is 10.6 Å². The number of hydrogen-bond acceptors (Lipinski definition) is 3. The van der Waals surface area contributed by atoms with Gasteiger partial charge in [-0.05, 0) is 46.2 Å². The van der Waals surface area contributed by atoms with Crippen molar-refractivity contribution in [2.45, 2.75) is 58.8 Å². The number of carbonyl (C=O) groups is 2. The van der Waals surface area contributed by atoms with Gasteiger partial charge in [-0.25, -0.2) is 0 Å². The molecule has 0 aliphatic rings. The third-order valence-electron chi connectivity index (χ3n) is 3.41. The summed E-state index contributed by atoms with van der Waals surface area (Å²) in [5, 5.41) is 6.03. The van der Waals surface area contributed by atoms with E-state index in [1.54, 1.807) is 6.92 Å². The largest absolute Gasteiger partial charge is 2.00 e. The van der Waals surface area contributed by atoms with Gasteiger partial charge in [0.05, 0.1) is 0 Å². The molecule has 6 heteroatoms. The van der Waals surface area contributed by atoms with Crippen LogP contribution in [0.25, 0.3) is 0 Å². The monoisotopic (exact) mass is 360 g/mol. The Kier molecular flexibility index (Phi) is 27.4. The van der Waals surface area contributed by atoms with Crippen LogP contribution in [0.15, 0.2) is 0 Å². The fraction of sp³-hybridized carbons (Fsp3) is 0.875. The average Bonchev–Trinajstić information content (AvgIpc) is 2.48. The maximum atomic E-state index is 11.5. The Morgan fingerprint density at radius 3 is 2.18 bits per heavy atom. The number of amides is 1. The van der Waals surface area contributed by atoms with Gasteiger partial charge in [0, 0.05) is 18.9 Å². The second-order valence-electron chi connectivity index (χ2n) is 5.27. The topological polar surface area (TPSA) is 58.2 Å². The number of rotatable bonds is 12. The molecule has 0 rings (SSSR count). The number of unbranched alkanes of at least 4 members (excludes halogenated alkanes) is 3. The quantitative estimate of drug-likeness (QED) is 0.320. The summed E-state index contributed by atoms with van der Waals surface area (Å²) in [4.78, 5) is 22.5. The van der Waals surface area contributed by atoms with Gasteiger partial charge in [0.15, 0.2) is 0 Å². The van der Waals surface area contributed by atoms with Crippen molar-refractivity contribution in [3.8, 4) is 0 Å². The van der Waals surface area contributed by atoms with E-state index in [1.807, 2.05) is 20.6 Å². The minimum absolute atomic E-state index is 0. The Hall–Kier alpha value is 0.790. The second-order valence-corrected chi connectivity index (χ2v) is 5.27. The molecule has 0 aromatic carbocycles. The summed E-state index contributed by atoms with van der Waals surface area (Å²) in [6, 6.07) is 0. The van der Waals surface area contributed by atoms with Crippen LogP contribution in [0.5, 0.6) is 0 Å². The second kappa shape index (κ2) is 21.8. The first kappa shape index (κ1) is 27.6. The zero-order valence-electron chi connectivity index (χ0n) is 17.0. The van der Waals surface area contributed by atoms with E-state index >= 15 is 0 Å². The van der Waals surface area contributed by atoms with Crippen LogP contribution in [0, 0.1) is 5.92 Å². The molecule has 2 unspecified atom stereocenters. The Morgan fingerprint density at radius 1 is 1.05 bits per heavy atom. The van der Waals surface area contributed by atoms with Gasteiger partial charge in [-0.3, -0.25) is 9.59 Å². The summed E-state index contributed by atoms with van der Waals surface area (Å²) in [5.74, 6) is 0.567. The molecule has 2 N–H and O–H groups in total. The predicted molar refractivity (Wildman–Crippen MR) is 103 cm³/mol. The van der Waals surface area contributed by atoms with E-state index in [0.29, 0.717) is 6.42 Å². The van der Waals surface area contributed by atoms with Crippen LogP contribution in [0.3, 0.4) is 0 Å². The van der Waals surface area contributed by atoms with Gasteiger partial charge in [0.25, 0.3) is 0 Å². The van der Waals surface area contributed by atoms with Crippen molar-refractivity contribution in [3.63, 3.8) is 0 Å². The molecule has 0 aromatic heterocycles. The maximum Gasteiger partial charge on any atom is 2.00 e. The molecule has 0 saturated heterocycles. The summed E-state index contributed by atoms with van der Waals surface area (Å²) in [7, 11) is 4.36. The van der Waals surface area contributed by atoms with Crippen molar-refractivity contribution in [2.75, 3.05) is 26.8 Å². The molecular weight excluding hydrogens is 323 g/mol. The molecule has 0 saturated carbocycles. The van der Waals surface area contributed by atoms with E-state index in [2.05, 4.69) is 19.9 Å². The molecule has 1 amide bonds. The van der Waals surface area contributed by atoms with E-state index in [1.165, 1.54) is 0 Å². The van der Waals surface area contributed by atoms with Crippen LogP contribution in [-0.4, -0.2) is 76.2 Å². The molecule has 2 atom stereocenters. The molecule has 0 bridgehead atoms. The summed E-state index contributed by atoms with van der Waals surface area (Å²) >= 11 is 0. The predicted octanol–water partition coefficient (Wildman–Crippen LogP) is 2.61. The Bertz CT molecular complexity index is 276. The molecule has 0 heterocycles. The first-order valence-electron chi connectivity index (χ1n) is 8.07. The van der Waals surface area contributed by atoms with Crippen molar-refractivity contribution in [3.05, 3.63) is 0 Å². The van der Waals surface area contributed by atoms with E-state index in [4.69, 9.17) is 0 Å². The van der Waals surface area contributed by atoms with Gasteiger partial charge < -0.3 is 13.5 Å². The van der Waals surface area contributed by atoms with E-state index in [9.17, 15) is 9.59 Å². The molecule has 130 valence electrons.